The minimum atomic E-state index is -4.38. The number of ether oxygens (including phenoxy) is 1. The minimum Gasteiger partial charge on any atom is -0.468 e. The van der Waals surface area contributed by atoms with Crippen LogP contribution < -0.4 is 0 Å². The first kappa shape index (κ1) is 10.9. The summed E-state index contributed by atoms with van der Waals surface area (Å²) in [6.45, 7) is 0. The van der Waals surface area contributed by atoms with E-state index < -0.39 is 28.9 Å². The number of allylic oxidation sites excluding steroid dienone is 2. The first-order valence-corrected chi connectivity index (χ1v) is 5.43. The third-order valence-electron chi connectivity index (χ3n) is 4.41. The van der Waals surface area contributed by atoms with Crippen LogP contribution in [0.3, 0.4) is 0 Å². The standard InChI is InChI=1S/C12H11F3O2/c1-17-9(16)10-4-2-7(3-5-10)8-6-11(8,10)12(13,14)15/h2-5,7-8H,6H2,1H3. The van der Waals surface area contributed by atoms with Crippen LogP contribution in [-0.4, -0.2) is 19.3 Å². The summed E-state index contributed by atoms with van der Waals surface area (Å²) in [5.41, 5.74) is -3.57. The van der Waals surface area contributed by atoms with E-state index in [1.807, 2.05) is 0 Å². The number of methoxy groups -OCH3 is 1. The Labute approximate surface area is 96.1 Å². The lowest BCUT2D eigenvalue weighted by molar-refractivity contribution is -0.224. The van der Waals surface area contributed by atoms with Crippen LogP contribution in [0.4, 0.5) is 13.2 Å². The summed E-state index contributed by atoms with van der Waals surface area (Å²) in [5, 5.41) is 0. The van der Waals surface area contributed by atoms with E-state index in [0.717, 1.165) is 7.11 Å². The highest BCUT2D eigenvalue weighted by atomic mass is 19.4. The van der Waals surface area contributed by atoms with Crippen molar-refractivity contribution >= 4 is 5.97 Å². The summed E-state index contributed by atoms with van der Waals surface area (Å²) in [7, 11) is 1.13. The second-order valence-corrected chi connectivity index (χ2v) is 4.94. The van der Waals surface area contributed by atoms with Gasteiger partial charge < -0.3 is 4.74 Å². The Balaban J connectivity index is 2.17. The largest absolute Gasteiger partial charge is 0.468 e. The molecule has 0 aliphatic heterocycles. The van der Waals surface area contributed by atoms with Crippen LogP contribution in [0.2, 0.25) is 0 Å². The topological polar surface area (TPSA) is 26.3 Å². The van der Waals surface area contributed by atoms with E-state index in [1.54, 1.807) is 12.2 Å². The lowest BCUT2D eigenvalue weighted by atomic mass is 9.62. The van der Waals surface area contributed by atoms with Gasteiger partial charge in [-0.15, -0.1) is 0 Å². The summed E-state index contributed by atoms with van der Waals surface area (Å²) >= 11 is 0. The van der Waals surface area contributed by atoms with E-state index >= 15 is 0 Å². The molecule has 92 valence electrons. The van der Waals surface area contributed by atoms with Crippen LogP contribution in [0.25, 0.3) is 0 Å². The summed E-state index contributed by atoms with van der Waals surface area (Å²) in [5.74, 6) is -1.51. The summed E-state index contributed by atoms with van der Waals surface area (Å²) in [6, 6.07) is 0. The van der Waals surface area contributed by atoms with Crippen LogP contribution >= 0.6 is 0 Å². The first-order valence-electron chi connectivity index (χ1n) is 5.43. The van der Waals surface area contributed by atoms with Crippen molar-refractivity contribution in [3.8, 4) is 0 Å². The average molecular weight is 244 g/mol. The maximum Gasteiger partial charge on any atom is 0.396 e. The number of halogens is 3. The average Bonchev–Trinajstić information content (AvgIpc) is 3.07. The van der Waals surface area contributed by atoms with Gasteiger partial charge in [-0.25, -0.2) is 0 Å². The molecular formula is C12H11F3O2. The number of hydrogen-bond acceptors (Lipinski definition) is 2. The van der Waals surface area contributed by atoms with Gasteiger partial charge in [-0.05, 0) is 18.3 Å². The third-order valence-corrected chi connectivity index (χ3v) is 4.41. The second-order valence-electron chi connectivity index (χ2n) is 4.94. The van der Waals surface area contributed by atoms with Crippen LogP contribution in [-0.2, 0) is 9.53 Å². The molecule has 0 heterocycles. The Morgan fingerprint density at radius 1 is 1.35 bits per heavy atom. The number of rotatable bonds is 1. The van der Waals surface area contributed by atoms with Gasteiger partial charge in [0.05, 0.1) is 12.5 Å². The second kappa shape index (κ2) is 2.76. The van der Waals surface area contributed by atoms with Gasteiger partial charge in [0.15, 0.2) is 0 Å². The van der Waals surface area contributed by atoms with Crippen molar-refractivity contribution < 1.29 is 22.7 Å². The van der Waals surface area contributed by atoms with E-state index in [1.165, 1.54) is 12.2 Å². The predicted octanol–water partition coefficient (Wildman–Crippen LogP) is 2.47. The van der Waals surface area contributed by atoms with Gasteiger partial charge in [0, 0.05) is 0 Å². The van der Waals surface area contributed by atoms with Crippen LogP contribution in [0.5, 0.6) is 0 Å². The van der Waals surface area contributed by atoms with Crippen LogP contribution in [0, 0.1) is 22.7 Å². The van der Waals surface area contributed by atoms with Crippen molar-refractivity contribution in [1.29, 1.82) is 0 Å². The molecule has 2 unspecified atom stereocenters. The van der Waals surface area contributed by atoms with Crippen molar-refractivity contribution in [2.75, 3.05) is 7.11 Å². The number of hydrogen-bond donors (Lipinski definition) is 0. The molecule has 1 saturated carbocycles. The molecule has 0 spiro atoms. The summed E-state index contributed by atoms with van der Waals surface area (Å²) < 4.78 is 44.5. The van der Waals surface area contributed by atoms with Crippen molar-refractivity contribution in [3.63, 3.8) is 0 Å². The molecule has 2 bridgehead atoms. The fraction of sp³-hybridized carbons (Fsp3) is 0.583. The zero-order valence-electron chi connectivity index (χ0n) is 9.12. The molecule has 0 aromatic heterocycles. The molecule has 4 aliphatic rings. The Morgan fingerprint density at radius 2 is 1.94 bits per heavy atom. The Bertz CT molecular complexity index is 435. The fourth-order valence-corrected chi connectivity index (χ4v) is 3.49. The highest BCUT2D eigenvalue weighted by Gasteiger charge is 2.83. The molecule has 1 fully saturated rings. The SMILES string of the molecule is COC(=O)C12C=CC(C=C1)C1CC12C(F)(F)F. The quantitative estimate of drug-likeness (QED) is 0.523. The molecule has 5 heteroatoms. The van der Waals surface area contributed by atoms with Crippen LogP contribution in [0.15, 0.2) is 24.3 Å². The number of carbonyl (C=O) groups excluding carboxylic acids is 1. The molecule has 4 rings (SSSR count). The van der Waals surface area contributed by atoms with Gasteiger partial charge in [-0.3, -0.25) is 4.79 Å². The summed E-state index contributed by atoms with van der Waals surface area (Å²) in [4.78, 5) is 11.8. The third kappa shape index (κ3) is 0.967. The Morgan fingerprint density at radius 3 is 2.41 bits per heavy atom. The number of alkyl halides is 3. The van der Waals surface area contributed by atoms with Crippen LogP contribution in [0.1, 0.15) is 6.42 Å². The van der Waals surface area contributed by atoms with E-state index in [2.05, 4.69) is 4.74 Å². The minimum absolute atomic E-state index is 0.0102. The maximum atomic E-state index is 13.3. The molecule has 2 nitrogen and oxygen atoms in total. The van der Waals surface area contributed by atoms with E-state index in [0.29, 0.717) is 0 Å². The van der Waals surface area contributed by atoms with E-state index in [-0.39, 0.29) is 12.3 Å². The lowest BCUT2D eigenvalue weighted by Crippen LogP contribution is -2.51. The fourth-order valence-electron chi connectivity index (χ4n) is 3.49. The highest BCUT2D eigenvalue weighted by Crippen LogP contribution is 2.78. The van der Waals surface area contributed by atoms with Gasteiger partial charge in [-0.2, -0.15) is 13.2 Å². The smallest absolute Gasteiger partial charge is 0.396 e. The Hall–Kier alpha value is -1.26. The molecule has 0 aromatic rings. The van der Waals surface area contributed by atoms with Gasteiger partial charge in [0.1, 0.15) is 5.41 Å². The van der Waals surface area contributed by atoms with Crippen molar-refractivity contribution in [2.45, 2.75) is 12.6 Å². The van der Waals surface area contributed by atoms with Gasteiger partial charge in [0.2, 0.25) is 0 Å². The lowest BCUT2D eigenvalue weighted by Gasteiger charge is -2.42. The number of esters is 1. The molecular weight excluding hydrogens is 233 g/mol. The zero-order valence-corrected chi connectivity index (χ0v) is 9.12. The van der Waals surface area contributed by atoms with Gasteiger partial charge in [-0.1, -0.05) is 24.3 Å². The molecule has 0 saturated heterocycles. The molecule has 2 atom stereocenters. The molecule has 0 aromatic carbocycles. The molecule has 0 radical (unpaired) electrons. The predicted molar refractivity (Wildman–Crippen MR) is 52.8 cm³/mol. The Kier molecular flexibility index (Phi) is 1.77. The summed E-state index contributed by atoms with van der Waals surface area (Å²) in [6.07, 6.45) is 1.77. The molecule has 4 aliphatic carbocycles. The zero-order chi connectivity index (χ0) is 12.5. The van der Waals surface area contributed by atoms with E-state index in [9.17, 15) is 18.0 Å². The maximum absolute atomic E-state index is 13.3. The van der Waals surface area contributed by atoms with Crippen molar-refractivity contribution in [2.24, 2.45) is 22.7 Å². The first-order chi connectivity index (χ1) is 7.89. The number of carbonyl (C=O) groups is 1. The van der Waals surface area contributed by atoms with Crippen molar-refractivity contribution in [3.05, 3.63) is 24.3 Å². The van der Waals surface area contributed by atoms with Crippen molar-refractivity contribution in [1.82, 2.24) is 0 Å². The van der Waals surface area contributed by atoms with Gasteiger partial charge in [0.25, 0.3) is 0 Å². The normalized spacial score (nSPS) is 45.6. The van der Waals surface area contributed by atoms with E-state index in [4.69, 9.17) is 0 Å². The molecule has 0 amide bonds. The molecule has 0 N–H and O–H groups in total. The van der Waals surface area contributed by atoms with Gasteiger partial charge >= 0.3 is 12.1 Å². The highest BCUT2D eigenvalue weighted by molar-refractivity contribution is 5.85. The molecule has 17 heavy (non-hydrogen) atoms. The monoisotopic (exact) mass is 244 g/mol.